The number of anilines is 2. The van der Waals surface area contributed by atoms with Crippen LogP contribution in [0, 0.1) is 0 Å². The van der Waals surface area contributed by atoms with Gasteiger partial charge in [-0.25, -0.2) is 4.98 Å². The van der Waals surface area contributed by atoms with Crippen molar-refractivity contribution in [1.82, 2.24) is 9.88 Å². The molecule has 0 radical (unpaired) electrons. The van der Waals surface area contributed by atoms with E-state index >= 15 is 0 Å². The number of piperazine rings is 1. The molecule has 1 aromatic heterocycles. The molecular formula is C20H24N4O2. The topological polar surface area (TPSA) is 65.5 Å². The van der Waals surface area contributed by atoms with E-state index in [9.17, 15) is 9.59 Å². The average Bonchev–Trinajstić information content (AvgIpc) is 2.68. The van der Waals surface area contributed by atoms with Crippen LogP contribution in [-0.4, -0.2) is 48.4 Å². The summed E-state index contributed by atoms with van der Waals surface area (Å²) >= 11 is 0. The highest BCUT2D eigenvalue weighted by atomic mass is 16.1. The van der Waals surface area contributed by atoms with Gasteiger partial charge in [-0.2, -0.15) is 0 Å². The standard InChI is InChI=1S/C20H24N4O2/c1-15(2)17-5-3-4-6-18(17)22-20(26)16-7-8-21-19(13-16)24-11-9-23(14-25)10-12-24/h3-8,13-15H,9-12H2,1-2H3,(H,22,26). The average molecular weight is 352 g/mol. The SMILES string of the molecule is CC(C)c1ccccc1NC(=O)c1ccnc(N2CCN(C=O)CC2)c1. The number of hydrogen-bond donors (Lipinski definition) is 1. The molecule has 0 saturated carbocycles. The normalized spacial score (nSPS) is 14.4. The number of amides is 2. The fourth-order valence-electron chi connectivity index (χ4n) is 3.10. The van der Waals surface area contributed by atoms with Crippen LogP contribution >= 0.6 is 0 Å². The maximum Gasteiger partial charge on any atom is 0.255 e. The zero-order valence-electron chi connectivity index (χ0n) is 15.2. The van der Waals surface area contributed by atoms with Crippen molar-refractivity contribution < 1.29 is 9.59 Å². The smallest absolute Gasteiger partial charge is 0.255 e. The van der Waals surface area contributed by atoms with E-state index in [4.69, 9.17) is 0 Å². The molecule has 1 fully saturated rings. The molecule has 2 amide bonds. The van der Waals surface area contributed by atoms with Crippen LogP contribution in [-0.2, 0) is 4.79 Å². The molecule has 136 valence electrons. The van der Waals surface area contributed by atoms with Crippen molar-refractivity contribution in [3.05, 3.63) is 53.7 Å². The Morgan fingerprint density at radius 3 is 2.58 bits per heavy atom. The molecule has 1 N–H and O–H groups in total. The molecule has 1 aliphatic rings. The van der Waals surface area contributed by atoms with Gasteiger partial charge in [0.05, 0.1) is 0 Å². The molecule has 6 heteroatoms. The highest BCUT2D eigenvalue weighted by molar-refractivity contribution is 6.05. The monoisotopic (exact) mass is 352 g/mol. The first-order valence-electron chi connectivity index (χ1n) is 8.89. The van der Waals surface area contributed by atoms with Crippen LogP contribution in [0.4, 0.5) is 11.5 Å². The molecule has 1 aromatic carbocycles. The summed E-state index contributed by atoms with van der Waals surface area (Å²) in [5.74, 6) is 0.947. The van der Waals surface area contributed by atoms with Gasteiger partial charge in [-0.3, -0.25) is 9.59 Å². The largest absolute Gasteiger partial charge is 0.353 e. The third kappa shape index (κ3) is 4.02. The number of nitrogens with zero attached hydrogens (tertiary/aromatic N) is 3. The van der Waals surface area contributed by atoms with Gasteiger partial charge < -0.3 is 15.1 Å². The van der Waals surface area contributed by atoms with E-state index in [0.29, 0.717) is 37.7 Å². The van der Waals surface area contributed by atoms with Crippen LogP contribution in [0.3, 0.4) is 0 Å². The zero-order valence-corrected chi connectivity index (χ0v) is 15.2. The Morgan fingerprint density at radius 1 is 1.15 bits per heavy atom. The van der Waals surface area contributed by atoms with Gasteiger partial charge in [0.15, 0.2) is 0 Å². The lowest BCUT2D eigenvalue weighted by molar-refractivity contribution is -0.118. The first-order valence-corrected chi connectivity index (χ1v) is 8.89. The highest BCUT2D eigenvalue weighted by Gasteiger charge is 2.18. The second-order valence-electron chi connectivity index (χ2n) is 6.73. The Kier molecular flexibility index (Phi) is 5.51. The minimum Gasteiger partial charge on any atom is -0.353 e. The number of rotatable bonds is 5. The van der Waals surface area contributed by atoms with E-state index in [0.717, 1.165) is 23.5 Å². The summed E-state index contributed by atoms with van der Waals surface area (Å²) in [4.78, 5) is 31.8. The number of benzene rings is 1. The van der Waals surface area contributed by atoms with E-state index in [1.165, 1.54) is 0 Å². The minimum atomic E-state index is -0.145. The van der Waals surface area contributed by atoms with Crippen molar-refractivity contribution >= 4 is 23.8 Å². The van der Waals surface area contributed by atoms with Crippen molar-refractivity contribution in [2.75, 3.05) is 36.4 Å². The van der Waals surface area contributed by atoms with Gasteiger partial charge in [-0.15, -0.1) is 0 Å². The predicted octanol–water partition coefficient (Wildman–Crippen LogP) is 2.74. The molecule has 6 nitrogen and oxygen atoms in total. The van der Waals surface area contributed by atoms with Gasteiger partial charge in [0.25, 0.3) is 5.91 Å². The van der Waals surface area contributed by atoms with E-state index in [2.05, 4.69) is 29.0 Å². The van der Waals surface area contributed by atoms with Crippen molar-refractivity contribution in [3.63, 3.8) is 0 Å². The minimum absolute atomic E-state index is 0.145. The second-order valence-corrected chi connectivity index (χ2v) is 6.73. The number of hydrogen-bond acceptors (Lipinski definition) is 4. The number of para-hydroxylation sites is 1. The summed E-state index contributed by atoms with van der Waals surface area (Å²) in [7, 11) is 0. The quantitative estimate of drug-likeness (QED) is 0.841. The molecule has 1 aliphatic heterocycles. The Balaban J connectivity index is 1.74. The van der Waals surface area contributed by atoms with Crippen LogP contribution in [0.1, 0.15) is 35.7 Å². The highest BCUT2D eigenvalue weighted by Crippen LogP contribution is 2.24. The van der Waals surface area contributed by atoms with Gasteiger partial charge in [0.1, 0.15) is 5.82 Å². The molecular weight excluding hydrogens is 328 g/mol. The molecule has 0 spiro atoms. The van der Waals surface area contributed by atoms with Gasteiger partial charge >= 0.3 is 0 Å². The summed E-state index contributed by atoms with van der Waals surface area (Å²) in [6.45, 7) is 6.98. The van der Waals surface area contributed by atoms with Crippen LogP contribution in [0.15, 0.2) is 42.6 Å². The first-order chi connectivity index (χ1) is 12.6. The number of carbonyl (C=O) groups is 2. The third-order valence-electron chi connectivity index (χ3n) is 4.63. The van der Waals surface area contributed by atoms with E-state index in [1.807, 2.05) is 30.3 Å². The maximum atomic E-state index is 12.7. The fourth-order valence-corrected chi connectivity index (χ4v) is 3.10. The Hall–Kier alpha value is -2.89. The lowest BCUT2D eigenvalue weighted by Gasteiger charge is -2.33. The van der Waals surface area contributed by atoms with E-state index in [1.54, 1.807) is 17.2 Å². The number of pyridine rings is 1. The van der Waals surface area contributed by atoms with Crippen molar-refractivity contribution in [1.29, 1.82) is 0 Å². The molecule has 0 bridgehead atoms. The summed E-state index contributed by atoms with van der Waals surface area (Å²) in [6, 6.07) is 11.4. The Bertz CT molecular complexity index is 783. The summed E-state index contributed by atoms with van der Waals surface area (Å²) in [5.41, 5.74) is 2.52. The molecule has 2 heterocycles. The van der Waals surface area contributed by atoms with E-state index in [-0.39, 0.29) is 5.91 Å². The van der Waals surface area contributed by atoms with Crippen molar-refractivity contribution in [2.45, 2.75) is 19.8 Å². The third-order valence-corrected chi connectivity index (χ3v) is 4.63. The summed E-state index contributed by atoms with van der Waals surface area (Å²) in [5, 5.41) is 3.01. The van der Waals surface area contributed by atoms with Crippen LogP contribution in [0.5, 0.6) is 0 Å². The first kappa shape index (κ1) is 17.9. The molecule has 3 rings (SSSR count). The maximum absolute atomic E-state index is 12.7. The molecule has 1 saturated heterocycles. The molecule has 0 unspecified atom stereocenters. The number of carbonyl (C=O) groups excluding carboxylic acids is 2. The zero-order chi connectivity index (χ0) is 18.5. The van der Waals surface area contributed by atoms with Gasteiger partial charge in [0.2, 0.25) is 6.41 Å². The molecule has 0 atom stereocenters. The second kappa shape index (κ2) is 7.99. The van der Waals surface area contributed by atoms with Gasteiger partial charge in [-0.1, -0.05) is 32.0 Å². The Morgan fingerprint density at radius 2 is 1.88 bits per heavy atom. The summed E-state index contributed by atoms with van der Waals surface area (Å²) in [6.07, 6.45) is 2.53. The van der Waals surface area contributed by atoms with Gasteiger partial charge in [-0.05, 0) is 29.7 Å². The van der Waals surface area contributed by atoms with Crippen LogP contribution in [0.25, 0.3) is 0 Å². The summed E-state index contributed by atoms with van der Waals surface area (Å²) < 4.78 is 0. The van der Waals surface area contributed by atoms with Crippen LogP contribution < -0.4 is 10.2 Å². The van der Waals surface area contributed by atoms with Crippen molar-refractivity contribution in [2.24, 2.45) is 0 Å². The molecule has 2 aromatic rings. The van der Waals surface area contributed by atoms with E-state index < -0.39 is 0 Å². The number of aromatic nitrogens is 1. The molecule has 0 aliphatic carbocycles. The van der Waals surface area contributed by atoms with Gasteiger partial charge in [0, 0.05) is 43.6 Å². The number of nitrogens with one attached hydrogen (secondary N) is 1. The fraction of sp³-hybridized carbons (Fsp3) is 0.350. The van der Waals surface area contributed by atoms with Crippen molar-refractivity contribution in [3.8, 4) is 0 Å². The van der Waals surface area contributed by atoms with Crippen LogP contribution in [0.2, 0.25) is 0 Å². The lowest BCUT2D eigenvalue weighted by Crippen LogP contribution is -2.46. The lowest BCUT2D eigenvalue weighted by atomic mass is 10.0. The Labute approximate surface area is 153 Å². The molecule has 26 heavy (non-hydrogen) atoms. The predicted molar refractivity (Wildman–Crippen MR) is 103 cm³/mol.